The highest BCUT2D eigenvalue weighted by Crippen LogP contribution is 2.24. The third-order valence-electron chi connectivity index (χ3n) is 2.12. The van der Waals surface area contributed by atoms with Crippen LogP contribution in [-0.2, 0) is 6.61 Å². The summed E-state index contributed by atoms with van der Waals surface area (Å²) in [6.45, 7) is 1.99. The lowest BCUT2D eigenvalue weighted by Gasteiger charge is -2.18. The molecule has 3 heteroatoms. The summed E-state index contributed by atoms with van der Waals surface area (Å²) >= 11 is 0. The molecule has 0 radical (unpaired) electrons. The Hall–Kier alpha value is -1.22. The Morgan fingerprint density at radius 3 is 2.46 bits per heavy atom. The Labute approximate surface area is 78.8 Å². The van der Waals surface area contributed by atoms with Gasteiger partial charge in [-0.1, -0.05) is 0 Å². The number of rotatable bonds is 2. The molecule has 0 fully saturated rings. The summed E-state index contributed by atoms with van der Waals surface area (Å²) in [7, 11) is 3.87. The van der Waals surface area contributed by atoms with E-state index in [4.69, 9.17) is 10.8 Å². The maximum absolute atomic E-state index is 9.12. The van der Waals surface area contributed by atoms with Gasteiger partial charge in [-0.2, -0.15) is 0 Å². The molecule has 0 bridgehead atoms. The van der Waals surface area contributed by atoms with Gasteiger partial charge >= 0.3 is 0 Å². The summed E-state index contributed by atoms with van der Waals surface area (Å²) in [5.41, 5.74) is 9.44. The van der Waals surface area contributed by atoms with Gasteiger partial charge in [-0.15, -0.1) is 0 Å². The quantitative estimate of drug-likeness (QED) is 0.671. The number of aliphatic hydroxyl groups excluding tert-OH is 1. The fourth-order valence-corrected chi connectivity index (χ4v) is 1.32. The minimum Gasteiger partial charge on any atom is -0.398 e. The molecule has 0 atom stereocenters. The lowest BCUT2D eigenvalue weighted by Crippen LogP contribution is -2.12. The molecule has 72 valence electrons. The molecular weight excluding hydrogens is 164 g/mol. The monoisotopic (exact) mass is 180 g/mol. The van der Waals surface area contributed by atoms with E-state index in [-0.39, 0.29) is 6.61 Å². The second kappa shape index (κ2) is 3.66. The second-order valence-electron chi connectivity index (χ2n) is 3.39. The van der Waals surface area contributed by atoms with Gasteiger partial charge in [0.2, 0.25) is 0 Å². The minimum absolute atomic E-state index is 0.0502. The molecule has 0 amide bonds. The molecule has 0 unspecified atom stereocenters. The van der Waals surface area contributed by atoms with Crippen LogP contribution in [0.25, 0.3) is 0 Å². The number of aryl methyl sites for hydroxylation is 1. The van der Waals surface area contributed by atoms with Crippen molar-refractivity contribution in [2.24, 2.45) is 0 Å². The van der Waals surface area contributed by atoms with Crippen LogP contribution in [0.5, 0.6) is 0 Å². The van der Waals surface area contributed by atoms with Crippen LogP contribution in [0, 0.1) is 6.92 Å². The minimum atomic E-state index is 0.0502. The van der Waals surface area contributed by atoms with Crippen molar-refractivity contribution in [3.05, 3.63) is 23.3 Å². The van der Waals surface area contributed by atoms with Crippen molar-refractivity contribution in [3.63, 3.8) is 0 Å². The summed E-state index contributed by atoms with van der Waals surface area (Å²) in [6.07, 6.45) is 0. The molecule has 0 aliphatic rings. The predicted molar refractivity (Wildman–Crippen MR) is 55.8 cm³/mol. The maximum Gasteiger partial charge on any atom is 0.0702 e. The van der Waals surface area contributed by atoms with Gasteiger partial charge < -0.3 is 15.7 Å². The largest absolute Gasteiger partial charge is 0.398 e. The second-order valence-corrected chi connectivity index (χ2v) is 3.39. The van der Waals surface area contributed by atoms with Gasteiger partial charge in [-0.3, -0.25) is 0 Å². The molecule has 0 spiro atoms. The number of nitrogens with two attached hydrogens (primary N) is 1. The Morgan fingerprint density at radius 2 is 2.00 bits per heavy atom. The lowest BCUT2D eigenvalue weighted by atomic mass is 10.1. The molecule has 0 aliphatic heterocycles. The first-order valence-electron chi connectivity index (χ1n) is 4.23. The van der Waals surface area contributed by atoms with Crippen molar-refractivity contribution < 1.29 is 5.11 Å². The standard InChI is InChI=1S/C10H16N2O/c1-7-4-8(6-13)10(12(2)3)5-9(7)11/h4-5,13H,6,11H2,1-3H3. The lowest BCUT2D eigenvalue weighted by molar-refractivity contribution is 0.282. The Bertz CT molecular complexity index is 308. The van der Waals surface area contributed by atoms with Gasteiger partial charge in [0.1, 0.15) is 0 Å². The summed E-state index contributed by atoms with van der Waals surface area (Å²) in [5, 5.41) is 9.12. The van der Waals surface area contributed by atoms with Crippen molar-refractivity contribution in [1.82, 2.24) is 0 Å². The SMILES string of the molecule is Cc1cc(CO)c(N(C)C)cc1N. The molecule has 1 rings (SSSR count). The van der Waals surface area contributed by atoms with Gasteiger partial charge in [-0.05, 0) is 24.6 Å². The Balaban J connectivity index is 3.25. The van der Waals surface area contributed by atoms with Crippen molar-refractivity contribution in [3.8, 4) is 0 Å². The zero-order valence-corrected chi connectivity index (χ0v) is 8.33. The topological polar surface area (TPSA) is 49.5 Å². The van der Waals surface area contributed by atoms with E-state index < -0.39 is 0 Å². The van der Waals surface area contributed by atoms with Crippen LogP contribution >= 0.6 is 0 Å². The van der Waals surface area contributed by atoms with E-state index in [1.54, 1.807) is 0 Å². The van der Waals surface area contributed by atoms with Crippen molar-refractivity contribution in [2.75, 3.05) is 24.7 Å². The average Bonchev–Trinajstić information content (AvgIpc) is 2.08. The number of nitrogens with zero attached hydrogens (tertiary/aromatic N) is 1. The molecule has 3 nitrogen and oxygen atoms in total. The number of aliphatic hydroxyl groups is 1. The van der Waals surface area contributed by atoms with Gasteiger partial charge in [0.25, 0.3) is 0 Å². The molecule has 0 saturated heterocycles. The number of nitrogen functional groups attached to an aromatic ring is 1. The van der Waals surface area contributed by atoms with E-state index >= 15 is 0 Å². The molecule has 0 aromatic heterocycles. The first-order valence-corrected chi connectivity index (χ1v) is 4.23. The van der Waals surface area contributed by atoms with Gasteiger partial charge in [0.05, 0.1) is 6.61 Å². The van der Waals surface area contributed by atoms with Crippen LogP contribution in [0.1, 0.15) is 11.1 Å². The Kier molecular flexibility index (Phi) is 2.78. The average molecular weight is 180 g/mol. The normalized spacial score (nSPS) is 10.2. The molecule has 1 aromatic carbocycles. The highest BCUT2D eigenvalue weighted by molar-refractivity contribution is 5.63. The molecule has 0 aliphatic carbocycles. The number of benzene rings is 1. The van der Waals surface area contributed by atoms with E-state index in [0.29, 0.717) is 0 Å². The fourth-order valence-electron chi connectivity index (χ4n) is 1.32. The van der Waals surface area contributed by atoms with Crippen LogP contribution < -0.4 is 10.6 Å². The van der Waals surface area contributed by atoms with E-state index in [9.17, 15) is 0 Å². The van der Waals surface area contributed by atoms with E-state index in [2.05, 4.69) is 0 Å². The Morgan fingerprint density at radius 1 is 1.38 bits per heavy atom. The number of hydrogen-bond donors (Lipinski definition) is 2. The van der Waals surface area contributed by atoms with Gasteiger partial charge in [0, 0.05) is 31.0 Å². The zero-order valence-electron chi connectivity index (χ0n) is 8.33. The summed E-state index contributed by atoms with van der Waals surface area (Å²) in [4.78, 5) is 1.95. The molecule has 13 heavy (non-hydrogen) atoms. The van der Waals surface area contributed by atoms with Crippen LogP contribution in [0.2, 0.25) is 0 Å². The highest BCUT2D eigenvalue weighted by atomic mass is 16.3. The number of hydrogen-bond acceptors (Lipinski definition) is 3. The smallest absolute Gasteiger partial charge is 0.0702 e. The molecular formula is C10H16N2O. The van der Waals surface area contributed by atoms with Crippen molar-refractivity contribution in [1.29, 1.82) is 0 Å². The van der Waals surface area contributed by atoms with E-state index in [1.807, 2.05) is 38.1 Å². The fraction of sp³-hybridized carbons (Fsp3) is 0.400. The van der Waals surface area contributed by atoms with Gasteiger partial charge in [0.15, 0.2) is 0 Å². The van der Waals surface area contributed by atoms with Gasteiger partial charge in [-0.25, -0.2) is 0 Å². The van der Waals surface area contributed by atoms with E-state index in [0.717, 1.165) is 22.5 Å². The maximum atomic E-state index is 9.12. The zero-order chi connectivity index (χ0) is 10.0. The van der Waals surface area contributed by atoms with Crippen LogP contribution in [0.4, 0.5) is 11.4 Å². The molecule has 1 aromatic rings. The third kappa shape index (κ3) is 1.92. The molecule has 0 saturated carbocycles. The van der Waals surface area contributed by atoms with Crippen LogP contribution in [0.15, 0.2) is 12.1 Å². The first-order chi connectivity index (χ1) is 6.06. The van der Waals surface area contributed by atoms with Crippen molar-refractivity contribution >= 4 is 11.4 Å². The summed E-state index contributed by atoms with van der Waals surface area (Å²) < 4.78 is 0. The predicted octanol–water partition coefficient (Wildman–Crippen LogP) is 1.14. The van der Waals surface area contributed by atoms with Crippen LogP contribution in [0.3, 0.4) is 0 Å². The van der Waals surface area contributed by atoms with Crippen LogP contribution in [-0.4, -0.2) is 19.2 Å². The number of anilines is 2. The summed E-state index contributed by atoms with van der Waals surface area (Å²) in [6, 6.07) is 3.81. The highest BCUT2D eigenvalue weighted by Gasteiger charge is 2.06. The van der Waals surface area contributed by atoms with E-state index in [1.165, 1.54) is 0 Å². The van der Waals surface area contributed by atoms with Crippen molar-refractivity contribution in [2.45, 2.75) is 13.5 Å². The first kappa shape index (κ1) is 9.86. The summed E-state index contributed by atoms with van der Waals surface area (Å²) in [5.74, 6) is 0. The molecule has 3 N–H and O–H groups in total. The molecule has 0 heterocycles. The third-order valence-corrected chi connectivity index (χ3v) is 2.12.